The van der Waals surface area contributed by atoms with Gasteiger partial charge in [0.25, 0.3) is 0 Å². The lowest BCUT2D eigenvalue weighted by molar-refractivity contribution is -0.138. The zero-order chi connectivity index (χ0) is 28.0. The van der Waals surface area contributed by atoms with E-state index in [2.05, 4.69) is 13.8 Å². The first kappa shape index (κ1) is 30.2. The van der Waals surface area contributed by atoms with E-state index in [1.165, 1.54) is 6.08 Å². The smallest absolute Gasteiger partial charge is 0.338 e. The molecule has 1 fully saturated rings. The number of unbranched alkanes of at least 4 members (excludes halogenated alkanes) is 2. The summed E-state index contributed by atoms with van der Waals surface area (Å²) >= 11 is 0. The van der Waals surface area contributed by atoms with Crippen molar-refractivity contribution < 1.29 is 23.8 Å². The van der Waals surface area contributed by atoms with Crippen LogP contribution in [0.2, 0.25) is 0 Å². The van der Waals surface area contributed by atoms with Crippen LogP contribution in [0.3, 0.4) is 0 Å². The standard InChI is InChI=1S/C32H44N2O5/c1-3-5-7-25(26-19-27(33)21-28(34)20-26)22-38-31(35)17-10-23-8-11-24(12-9-23)32(36)39-30-15-13-29(14-16-30)37-18-6-4-2/h8-12,17,19-21,25,29-30H,3-7,13-16,18,22,33-34H2,1-2H3/b17-10+. The molecule has 0 radical (unpaired) electrons. The molecular weight excluding hydrogens is 492 g/mol. The minimum Gasteiger partial charge on any atom is -0.462 e. The Morgan fingerprint density at radius 1 is 0.923 bits per heavy atom. The maximum absolute atomic E-state index is 12.6. The highest BCUT2D eigenvalue weighted by molar-refractivity contribution is 5.90. The molecule has 2 aromatic rings. The van der Waals surface area contributed by atoms with Crippen LogP contribution in [-0.2, 0) is 19.0 Å². The van der Waals surface area contributed by atoms with Crippen molar-refractivity contribution in [1.29, 1.82) is 0 Å². The largest absolute Gasteiger partial charge is 0.462 e. The number of nitrogen functional groups attached to an aromatic ring is 2. The Hall–Kier alpha value is -3.32. The lowest BCUT2D eigenvalue weighted by atomic mass is 9.93. The van der Waals surface area contributed by atoms with E-state index in [9.17, 15) is 9.59 Å². The molecule has 1 atom stereocenters. The SMILES string of the molecule is CCCCOC1CCC(OC(=O)c2ccc(/C=C/C(=O)OCC(CCCC)c3cc(N)cc(N)c3)cc2)CC1. The van der Waals surface area contributed by atoms with Crippen LogP contribution in [-0.4, -0.2) is 37.4 Å². The summed E-state index contributed by atoms with van der Waals surface area (Å²) in [5.74, 6) is -0.714. The fraction of sp³-hybridized carbons (Fsp3) is 0.500. The third-order valence-electron chi connectivity index (χ3n) is 7.11. The molecule has 2 aromatic carbocycles. The molecule has 7 heteroatoms. The van der Waals surface area contributed by atoms with Gasteiger partial charge in [0, 0.05) is 30.0 Å². The number of benzene rings is 2. The minimum absolute atomic E-state index is 0.0297. The van der Waals surface area contributed by atoms with Gasteiger partial charge in [0.2, 0.25) is 0 Å². The Bertz CT molecular complexity index is 1050. The third kappa shape index (κ3) is 10.4. The van der Waals surface area contributed by atoms with E-state index in [0.717, 1.165) is 75.5 Å². The van der Waals surface area contributed by atoms with Crippen LogP contribution in [0.25, 0.3) is 6.08 Å². The average Bonchev–Trinajstić information content (AvgIpc) is 2.92. The molecule has 0 bridgehead atoms. The van der Waals surface area contributed by atoms with Gasteiger partial charge < -0.3 is 25.7 Å². The summed E-state index contributed by atoms with van der Waals surface area (Å²) in [6, 6.07) is 12.5. The van der Waals surface area contributed by atoms with Crippen molar-refractivity contribution in [3.05, 3.63) is 65.2 Å². The monoisotopic (exact) mass is 536 g/mol. The van der Waals surface area contributed by atoms with Crippen LogP contribution in [0.5, 0.6) is 0 Å². The van der Waals surface area contributed by atoms with Crippen LogP contribution in [0.4, 0.5) is 11.4 Å². The molecular formula is C32H44N2O5. The zero-order valence-corrected chi connectivity index (χ0v) is 23.4. The van der Waals surface area contributed by atoms with Crippen molar-refractivity contribution in [3.63, 3.8) is 0 Å². The number of hydrogen-bond donors (Lipinski definition) is 2. The Morgan fingerprint density at radius 3 is 2.21 bits per heavy atom. The Morgan fingerprint density at radius 2 is 1.56 bits per heavy atom. The number of anilines is 2. The molecule has 3 rings (SSSR count). The normalized spacial score (nSPS) is 18.1. The first-order chi connectivity index (χ1) is 18.9. The quantitative estimate of drug-likeness (QED) is 0.120. The highest BCUT2D eigenvalue weighted by atomic mass is 16.5. The predicted molar refractivity (Wildman–Crippen MR) is 156 cm³/mol. The molecule has 4 N–H and O–H groups in total. The first-order valence-corrected chi connectivity index (χ1v) is 14.3. The van der Waals surface area contributed by atoms with Crippen LogP contribution in [0, 0.1) is 0 Å². The van der Waals surface area contributed by atoms with Gasteiger partial charge in [0.05, 0.1) is 18.3 Å². The maximum Gasteiger partial charge on any atom is 0.338 e. The molecule has 1 unspecified atom stereocenters. The van der Waals surface area contributed by atoms with Gasteiger partial charge in [-0.3, -0.25) is 0 Å². The topological polar surface area (TPSA) is 114 Å². The third-order valence-corrected chi connectivity index (χ3v) is 7.11. The molecule has 7 nitrogen and oxygen atoms in total. The van der Waals surface area contributed by atoms with E-state index in [1.807, 2.05) is 12.1 Å². The number of nitrogens with two attached hydrogens (primary N) is 2. The van der Waals surface area contributed by atoms with Crippen LogP contribution in [0.1, 0.15) is 99.0 Å². The maximum atomic E-state index is 12.6. The van der Waals surface area contributed by atoms with E-state index < -0.39 is 5.97 Å². The summed E-state index contributed by atoms with van der Waals surface area (Å²) in [6.07, 6.45) is 11.9. The van der Waals surface area contributed by atoms with E-state index in [0.29, 0.717) is 16.9 Å². The molecule has 1 aliphatic rings. The van der Waals surface area contributed by atoms with Gasteiger partial charge >= 0.3 is 11.9 Å². The van der Waals surface area contributed by atoms with Crippen LogP contribution in [0.15, 0.2) is 48.5 Å². The van der Waals surface area contributed by atoms with E-state index in [1.54, 1.807) is 36.4 Å². The summed E-state index contributed by atoms with van der Waals surface area (Å²) in [5.41, 5.74) is 15.4. The van der Waals surface area contributed by atoms with Crippen molar-refractivity contribution in [1.82, 2.24) is 0 Å². The first-order valence-electron chi connectivity index (χ1n) is 14.3. The fourth-order valence-corrected chi connectivity index (χ4v) is 4.79. The number of carbonyl (C=O) groups is 2. The molecule has 0 heterocycles. The fourth-order valence-electron chi connectivity index (χ4n) is 4.79. The van der Waals surface area contributed by atoms with Crippen molar-refractivity contribution in [2.24, 2.45) is 0 Å². The Labute approximate surface area is 232 Å². The van der Waals surface area contributed by atoms with Gasteiger partial charge in [-0.2, -0.15) is 0 Å². The highest BCUT2D eigenvalue weighted by Gasteiger charge is 2.24. The van der Waals surface area contributed by atoms with Gasteiger partial charge in [-0.1, -0.05) is 45.2 Å². The van der Waals surface area contributed by atoms with E-state index in [4.69, 9.17) is 25.7 Å². The Kier molecular flexibility index (Phi) is 12.4. The molecule has 0 saturated heterocycles. The van der Waals surface area contributed by atoms with Crippen molar-refractivity contribution in [3.8, 4) is 0 Å². The highest BCUT2D eigenvalue weighted by Crippen LogP contribution is 2.27. The summed E-state index contributed by atoms with van der Waals surface area (Å²) in [6.45, 7) is 5.34. The number of esters is 2. The summed E-state index contributed by atoms with van der Waals surface area (Å²) in [4.78, 5) is 25.0. The molecule has 39 heavy (non-hydrogen) atoms. The van der Waals surface area contributed by atoms with Gasteiger partial charge in [-0.15, -0.1) is 0 Å². The number of hydrogen-bond acceptors (Lipinski definition) is 7. The number of rotatable bonds is 14. The Balaban J connectivity index is 1.46. The molecule has 0 spiro atoms. The number of carbonyl (C=O) groups excluding carboxylic acids is 2. The second-order valence-electron chi connectivity index (χ2n) is 10.4. The summed E-state index contributed by atoms with van der Waals surface area (Å²) < 4.78 is 17.2. The molecule has 0 amide bonds. The van der Waals surface area contributed by atoms with Crippen molar-refractivity contribution in [2.75, 3.05) is 24.7 Å². The van der Waals surface area contributed by atoms with Crippen LogP contribution >= 0.6 is 0 Å². The molecule has 0 aliphatic heterocycles. The predicted octanol–water partition coefficient (Wildman–Crippen LogP) is 6.67. The molecule has 1 aliphatic carbocycles. The van der Waals surface area contributed by atoms with Gasteiger partial charge in [0.1, 0.15) is 6.10 Å². The molecule has 1 saturated carbocycles. The summed E-state index contributed by atoms with van der Waals surface area (Å²) in [7, 11) is 0. The van der Waals surface area contributed by atoms with E-state index in [-0.39, 0.29) is 30.7 Å². The van der Waals surface area contributed by atoms with Crippen molar-refractivity contribution >= 4 is 29.4 Å². The molecule has 0 aromatic heterocycles. The van der Waals surface area contributed by atoms with Crippen molar-refractivity contribution in [2.45, 2.75) is 89.8 Å². The van der Waals surface area contributed by atoms with E-state index >= 15 is 0 Å². The second kappa shape index (κ2) is 15.9. The molecule has 212 valence electrons. The lowest BCUT2D eigenvalue weighted by Crippen LogP contribution is -2.28. The zero-order valence-electron chi connectivity index (χ0n) is 23.4. The lowest BCUT2D eigenvalue weighted by Gasteiger charge is -2.28. The van der Waals surface area contributed by atoms with Gasteiger partial charge in [-0.05, 0) is 86.1 Å². The summed E-state index contributed by atoms with van der Waals surface area (Å²) in [5, 5.41) is 0. The number of ether oxygens (including phenoxy) is 3. The minimum atomic E-state index is -0.425. The van der Waals surface area contributed by atoms with Gasteiger partial charge in [-0.25, -0.2) is 9.59 Å². The van der Waals surface area contributed by atoms with Crippen LogP contribution < -0.4 is 11.5 Å². The second-order valence-corrected chi connectivity index (χ2v) is 10.4. The van der Waals surface area contributed by atoms with Gasteiger partial charge in [0.15, 0.2) is 0 Å². The average molecular weight is 537 g/mol.